The van der Waals surface area contributed by atoms with Crippen molar-refractivity contribution in [2.75, 3.05) is 11.9 Å². The normalized spacial score (nSPS) is 12.2. The average molecular weight is 233 g/mol. The molecule has 1 unspecified atom stereocenters. The molecule has 2 N–H and O–H groups in total. The Balaban J connectivity index is 3.06. The second kappa shape index (κ2) is 4.85. The van der Waals surface area contributed by atoms with Gasteiger partial charge in [-0.05, 0) is 6.92 Å². The van der Waals surface area contributed by atoms with Crippen molar-refractivity contribution >= 4 is 23.1 Å². The van der Waals surface area contributed by atoms with Crippen LogP contribution in [-0.2, 0) is 0 Å². The van der Waals surface area contributed by atoms with Crippen LogP contribution in [0, 0.1) is 10.1 Å². The number of rotatable bonds is 4. The minimum atomic E-state index is -0.672. The smallest absolute Gasteiger partial charge is 0.348 e. The Morgan fingerprint density at radius 1 is 1.73 bits per heavy atom. The lowest BCUT2D eigenvalue weighted by Gasteiger charge is -2.10. The maximum Gasteiger partial charge on any atom is 0.348 e. The number of halogens is 1. The summed E-state index contributed by atoms with van der Waals surface area (Å²) in [7, 11) is 0. The van der Waals surface area contributed by atoms with Gasteiger partial charge in [-0.3, -0.25) is 10.1 Å². The highest BCUT2D eigenvalue weighted by atomic mass is 35.5. The van der Waals surface area contributed by atoms with E-state index in [9.17, 15) is 10.1 Å². The third-order valence-electron chi connectivity index (χ3n) is 1.62. The first-order valence-corrected chi connectivity index (χ1v) is 4.46. The summed E-state index contributed by atoms with van der Waals surface area (Å²) in [5.41, 5.74) is -0.389. The van der Waals surface area contributed by atoms with E-state index in [2.05, 4.69) is 15.3 Å². The molecule has 82 valence electrons. The Morgan fingerprint density at radius 3 is 2.93 bits per heavy atom. The highest BCUT2D eigenvalue weighted by Gasteiger charge is 2.22. The fraction of sp³-hybridized carbons (Fsp3) is 0.429. The van der Waals surface area contributed by atoms with Gasteiger partial charge in [0.2, 0.25) is 11.0 Å². The number of anilines is 1. The number of nitrogens with one attached hydrogen (secondary N) is 1. The third kappa shape index (κ3) is 2.74. The monoisotopic (exact) mass is 232 g/mol. The molecule has 1 aromatic rings. The predicted octanol–water partition coefficient (Wildman–Crippen LogP) is 0.831. The van der Waals surface area contributed by atoms with Crippen molar-refractivity contribution in [2.24, 2.45) is 0 Å². The van der Waals surface area contributed by atoms with Crippen LogP contribution in [0.1, 0.15) is 6.92 Å². The second-order valence-electron chi connectivity index (χ2n) is 2.85. The van der Waals surface area contributed by atoms with Gasteiger partial charge in [-0.15, -0.1) is 0 Å². The molecule has 8 heteroatoms. The Bertz CT molecular complexity index is 373. The van der Waals surface area contributed by atoms with Crippen molar-refractivity contribution < 1.29 is 10.0 Å². The van der Waals surface area contributed by atoms with Gasteiger partial charge in [0.1, 0.15) is 6.33 Å². The molecule has 0 fully saturated rings. The zero-order valence-corrected chi connectivity index (χ0v) is 8.60. The summed E-state index contributed by atoms with van der Waals surface area (Å²) in [6, 6.07) is -0.352. The molecule has 0 aliphatic carbocycles. The molecule has 1 atom stereocenters. The van der Waals surface area contributed by atoms with E-state index in [1.165, 1.54) is 0 Å². The van der Waals surface area contributed by atoms with Crippen molar-refractivity contribution in [3.05, 3.63) is 21.6 Å². The maximum atomic E-state index is 10.7. The summed E-state index contributed by atoms with van der Waals surface area (Å²) in [6.45, 7) is 1.48. The van der Waals surface area contributed by atoms with E-state index in [-0.39, 0.29) is 29.3 Å². The van der Waals surface area contributed by atoms with E-state index >= 15 is 0 Å². The number of aromatic nitrogens is 2. The van der Waals surface area contributed by atoms with Crippen molar-refractivity contribution in [3.63, 3.8) is 0 Å². The van der Waals surface area contributed by atoms with Gasteiger partial charge in [0.25, 0.3) is 0 Å². The van der Waals surface area contributed by atoms with E-state index in [1.54, 1.807) is 6.92 Å². The summed E-state index contributed by atoms with van der Waals surface area (Å²) >= 11 is 5.56. The number of aliphatic hydroxyl groups excluding tert-OH is 1. The van der Waals surface area contributed by atoms with Gasteiger partial charge in [-0.1, -0.05) is 11.6 Å². The van der Waals surface area contributed by atoms with Crippen LogP contribution in [0.4, 0.5) is 11.5 Å². The molecular weight excluding hydrogens is 224 g/mol. The van der Waals surface area contributed by atoms with Gasteiger partial charge in [-0.2, -0.15) is 0 Å². The van der Waals surface area contributed by atoms with Gasteiger partial charge in [0.15, 0.2) is 0 Å². The quantitative estimate of drug-likeness (QED) is 0.453. The second-order valence-corrected chi connectivity index (χ2v) is 3.20. The van der Waals surface area contributed by atoms with Gasteiger partial charge in [0, 0.05) is 6.04 Å². The molecule has 7 nitrogen and oxygen atoms in total. The molecule has 1 heterocycles. The highest BCUT2D eigenvalue weighted by molar-refractivity contribution is 6.31. The Labute approximate surface area is 90.3 Å². The van der Waals surface area contributed by atoms with Crippen molar-refractivity contribution in [1.82, 2.24) is 9.97 Å². The summed E-state index contributed by atoms with van der Waals surface area (Å²) < 4.78 is 0. The molecule has 1 aromatic heterocycles. The molecule has 0 bridgehead atoms. The van der Waals surface area contributed by atoms with Crippen LogP contribution in [0.15, 0.2) is 6.33 Å². The lowest BCUT2D eigenvalue weighted by molar-refractivity contribution is -0.384. The Hall–Kier alpha value is -1.47. The van der Waals surface area contributed by atoms with E-state index < -0.39 is 4.92 Å². The first kappa shape index (κ1) is 11.6. The van der Waals surface area contributed by atoms with Crippen LogP contribution in [0.3, 0.4) is 0 Å². The molecule has 1 rings (SSSR count). The minimum Gasteiger partial charge on any atom is -0.394 e. The van der Waals surface area contributed by atoms with Crippen LogP contribution in [-0.4, -0.2) is 32.6 Å². The average Bonchev–Trinajstić information content (AvgIpc) is 2.17. The zero-order valence-electron chi connectivity index (χ0n) is 7.85. The van der Waals surface area contributed by atoms with Crippen LogP contribution < -0.4 is 5.32 Å². The third-order valence-corrected chi connectivity index (χ3v) is 1.89. The van der Waals surface area contributed by atoms with Gasteiger partial charge >= 0.3 is 5.69 Å². The van der Waals surface area contributed by atoms with E-state index in [1.807, 2.05) is 0 Å². The first-order chi connectivity index (χ1) is 7.06. The van der Waals surface area contributed by atoms with Gasteiger partial charge in [0.05, 0.1) is 11.5 Å². The molecule has 0 aromatic carbocycles. The van der Waals surface area contributed by atoms with Crippen LogP contribution in [0.2, 0.25) is 5.15 Å². The number of nitrogens with zero attached hydrogens (tertiary/aromatic N) is 3. The topological polar surface area (TPSA) is 101 Å². The summed E-state index contributed by atoms with van der Waals surface area (Å²) in [5, 5.41) is 21.9. The Morgan fingerprint density at radius 2 is 2.40 bits per heavy atom. The van der Waals surface area contributed by atoms with Crippen LogP contribution >= 0.6 is 11.6 Å². The largest absolute Gasteiger partial charge is 0.394 e. The van der Waals surface area contributed by atoms with Crippen LogP contribution in [0.5, 0.6) is 0 Å². The van der Waals surface area contributed by atoms with Gasteiger partial charge < -0.3 is 10.4 Å². The number of hydrogen-bond acceptors (Lipinski definition) is 6. The van der Waals surface area contributed by atoms with E-state index in [0.717, 1.165) is 6.33 Å². The van der Waals surface area contributed by atoms with Crippen molar-refractivity contribution in [2.45, 2.75) is 13.0 Å². The molecule has 0 spiro atoms. The predicted molar refractivity (Wildman–Crippen MR) is 53.9 cm³/mol. The molecule has 15 heavy (non-hydrogen) atoms. The van der Waals surface area contributed by atoms with Crippen molar-refractivity contribution in [1.29, 1.82) is 0 Å². The maximum absolute atomic E-state index is 10.7. The summed E-state index contributed by atoms with van der Waals surface area (Å²) in [5.74, 6) is 0.00144. The highest BCUT2D eigenvalue weighted by Crippen LogP contribution is 2.28. The lowest BCUT2D eigenvalue weighted by Crippen LogP contribution is -2.21. The lowest BCUT2D eigenvalue weighted by atomic mass is 10.3. The molecular formula is C7H9ClN4O3. The Kier molecular flexibility index (Phi) is 3.75. The van der Waals surface area contributed by atoms with E-state index in [0.29, 0.717) is 0 Å². The van der Waals surface area contributed by atoms with Gasteiger partial charge in [-0.25, -0.2) is 9.97 Å². The molecule has 0 saturated carbocycles. The molecule has 0 amide bonds. The fourth-order valence-corrected chi connectivity index (χ4v) is 1.11. The van der Waals surface area contributed by atoms with Crippen molar-refractivity contribution in [3.8, 4) is 0 Å². The summed E-state index contributed by atoms with van der Waals surface area (Å²) in [4.78, 5) is 17.2. The minimum absolute atomic E-state index is 0.00144. The van der Waals surface area contributed by atoms with E-state index in [4.69, 9.17) is 16.7 Å². The zero-order chi connectivity index (χ0) is 11.4. The number of nitro groups is 1. The van der Waals surface area contributed by atoms with Crippen LogP contribution in [0.25, 0.3) is 0 Å². The fourth-order valence-electron chi connectivity index (χ4n) is 0.904. The first-order valence-electron chi connectivity index (χ1n) is 4.08. The summed E-state index contributed by atoms with van der Waals surface area (Å²) in [6.07, 6.45) is 1.11. The molecule has 0 radical (unpaired) electrons. The molecule has 0 aliphatic heterocycles. The number of hydrogen-bond donors (Lipinski definition) is 2. The standard InChI is InChI=1S/C7H9ClN4O3/c1-4(2-13)11-7-5(12(14)15)6(8)9-3-10-7/h3-4,13H,2H2,1H3,(H,9,10,11). The number of aliphatic hydroxyl groups is 1. The molecule has 0 aliphatic rings. The molecule has 0 saturated heterocycles. The SMILES string of the molecule is CC(CO)Nc1ncnc(Cl)c1[N+](=O)[O-].